The highest BCUT2D eigenvalue weighted by Crippen LogP contribution is 2.38. The standard InChI is InChI=1S/C22H16Cl2O/c23-20-7-3-6-17-18(20)10-9-15-4-1-2-5-16(15)19(17)12-14-8-11-21(24)22(25)13-14/h1-8,11-13,25H,9-10H2/b19-12+. The molecule has 0 amide bonds. The molecule has 0 aromatic heterocycles. The molecule has 1 aliphatic rings. The molecule has 1 nitrogen and oxygen atoms in total. The molecule has 0 spiro atoms. The zero-order chi connectivity index (χ0) is 17.4. The fourth-order valence-electron chi connectivity index (χ4n) is 3.41. The van der Waals surface area contributed by atoms with E-state index in [0.717, 1.165) is 34.6 Å². The molecule has 25 heavy (non-hydrogen) atoms. The summed E-state index contributed by atoms with van der Waals surface area (Å²) in [5.74, 6) is 0.0873. The quantitative estimate of drug-likeness (QED) is 0.529. The Labute approximate surface area is 157 Å². The number of phenols is 1. The molecule has 124 valence electrons. The normalized spacial score (nSPS) is 14.7. The van der Waals surface area contributed by atoms with Crippen LogP contribution in [0.5, 0.6) is 5.75 Å². The van der Waals surface area contributed by atoms with E-state index in [1.54, 1.807) is 12.1 Å². The van der Waals surface area contributed by atoms with Crippen molar-refractivity contribution in [3.63, 3.8) is 0 Å². The van der Waals surface area contributed by atoms with E-state index in [0.29, 0.717) is 5.02 Å². The second-order valence-electron chi connectivity index (χ2n) is 6.19. The Morgan fingerprint density at radius 3 is 2.44 bits per heavy atom. The van der Waals surface area contributed by atoms with Crippen LogP contribution in [0.2, 0.25) is 10.0 Å². The predicted molar refractivity (Wildman–Crippen MR) is 105 cm³/mol. The molecule has 4 rings (SSSR count). The molecule has 3 aromatic rings. The van der Waals surface area contributed by atoms with E-state index in [9.17, 15) is 5.11 Å². The van der Waals surface area contributed by atoms with Crippen LogP contribution in [0.3, 0.4) is 0 Å². The van der Waals surface area contributed by atoms with Crippen LogP contribution in [-0.2, 0) is 12.8 Å². The summed E-state index contributed by atoms with van der Waals surface area (Å²) >= 11 is 12.4. The van der Waals surface area contributed by atoms with Gasteiger partial charge in [0.05, 0.1) is 5.02 Å². The molecule has 0 radical (unpaired) electrons. The van der Waals surface area contributed by atoms with Gasteiger partial charge in [0, 0.05) is 5.02 Å². The Bertz CT molecular complexity index is 989. The molecule has 0 atom stereocenters. The van der Waals surface area contributed by atoms with E-state index >= 15 is 0 Å². The molecule has 0 saturated carbocycles. The minimum atomic E-state index is 0.0873. The third kappa shape index (κ3) is 3.06. The van der Waals surface area contributed by atoms with Gasteiger partial charge >= 0.3 is 0 Å². The first kappa shape index (κ1) is 16.3. The van der Waals surface area contributed by atoms with Gasteiger partial charge in [-0.05, 0) is 70.5 Å². The van der Waals surface area contributed by atoms with Crippen molar-refractivity contribution in [3.8, 4) is 5.75 Å². The lowest BCUT2D eigenvalue weighted by Gasteiger charge is -2.13. The van der Waals surface area contributed by atoms with Crippen LogP contribution >= 0.6 is 23.2 Å². The van der Waals surface area contributed by atoms with Crippen LogP contribution in [0.25, 0.3) is 11.6 Å². The molecular formula is C22H16Cl2O. The predicted octanol–water partition coefficient (Wildman–Crippen LogP) is 6.39. The van der Waals surface area contributed by atoms with E-state index in [1.165, 1.54) is 16.7 Å². The Hall–Kier alpha value is -2.22. The van der Waals surface area contributed by atoms with Crippen LogP contribution in [-0.4, -0.2) is 5.11 Å². The number of aromatic hydroxyl groups is 1. The van der Waals surface area contributed by atoms with Crippen molar-refractivity contribution >= 4 is 34.9 Å². The molecule has 3 aromatic carbocycles. The van der Waals surface area contributed by atoms with E-state index < -0.39 is 0 Å². The summed E-state index contributed by atoms with van der Waals surface area (Å²) in [6.07, 6.45) is 3.96. The largest absolute Gasteiger partial charge is 0.506 e. The average Bonchev–Trinajstić information content (AvgIpc) is 2.77. The second-order valence-corrected chi connectivity index (χ2v) is 7.01. The number of aryl methyl sites for hydroxylation is 1. The molecule has 0 heterocycles. The summed E-state index contributed by atoms with van der Waals surface area (Å²) in [6.45, 7) is 0. The minimum Gasteiger partial charge on any atom is -0.506 e. The Morgan fingerprint density at radius 2 is 1.60 bits per heavy atom. The zero-order valence-corrected chi connectivity index (χ0v) is 15.0. The van der Waals surface area contributed by atoms with Crippen molar-refractivity contribution in [1.82, 2.24) is 0 Å². The number of phenolic OH excluding ortho intramolecular Hbond substituents is 1. The zero-order valence-electron chi connectivity index (χ0n) is 13.5. The smallest absolute Gasteiger partial charge is 0.134 e. The van der Waals surface area contributed by atoms with Gasteiger partial charge in [-0.1, -0.05) is 65.7 Å². The number of hydrogen-bond donors (Lipinski definition) is 1. The first-order chi connectivity index (χ1) is 12.1. The molecule has 0 fully saturated rings. The van der Waals surface area contributed by atoms with E-state index in [1.807, 2.05) is 18.2 Å². The van der Waals surface area contributed by atoms with Gasteiger partial charge in [-0.2, -0.15) is 0 Å². The van der Waals surface area contributed by atoms with Gasteiger partial charge < -0.3 is 5.11 Å². The topological polar surface area (TPSA) is 20.2 Å². The van der Waals surface area contributed by atoms with Crippen molar-refractivity contribution in [1.29, 1.82) is 0 Å². The van der Waals surface area contributed by atoms with Crippen LogP contribution < -0.4 is 0 Å². The molecule has 0 aliphatic heterocycles. The summed E-state index contributed by atoms with van der Waals surface area (Å²) in [7, 11) is 0. The van der Waals surface area contributed by atoms with Gasteiger partial charge in [-0.25, -0.2) is 0 Å². The third-order valence-corrected chi connectivity index (χ3v) is 5.32. The van der Waals surface area contributed by atoms with Gasteiger partial charge in [-0.3, -0.25) is 0 Å². The molecule has 0 bridgehead atoms. The second kappa shape index (κ2) is 6.59. The lowest BCUT2D eigenvalue weighted by Crippen LogP contribution is -1.93. The summed E-state index contributed by atoms with van der Waals surface area (Å²) < 4.78 is 0. The summed E-state index contributed by atoms with van der Waals surface area (Å²) in [4.78, 5) is 0. The van der Waals surface area contributed by atoms with Gasteiger partial charge in [0.2, 0.25) is 0 Å². The maximum Gasteiger partial charge on any atom is 0.134 e. The van der Waals surface area contributed by atoms with E-state index in [4.69, 9.17) is 23.2 Å². The average molecular weight is 367 g/mol. The number of hydrogen-bond acceptors (Lipinski definition) is 1. The first-order valence-corrected chi connectivity index (χ1v) is 8.95. The summed E-state index contributed by atoms with van der Waals surface area (Å²) in [5, 5.41) is 11.1. The maximum absolute atomic E-state index is 9.94. The first-order valence-electron chi connectivity index (χ1n) is 8.20. The molecule has 1 aliphatic carbocycles. The van der Waals surface area contributed by atoms with Crippen molar-refractivity contribution in [2.24, 2.45) is 0 Å². The van der Waals surface area contributed by atoms with Crippen molar-refractivity contribution in [3.05, 3.63) is 98.5 Å². The summed E-state index contributed by atoms with van der Waals surface area (Å²) in [6, 6.07) is 19.8. The lowest BCUT2D eigenvalue weighted by atomic mass is 9.92. The number of halogens is 2. The highest BCUT2D eigenvalue weighted by Gasteiger charge is 2.19. The molecule has 1 N–H and O–H groups in total. The van der Waals surface area contributed by atoms with Crippen molar-refractivity contribution in [2.75, 3.05) is 0 Å². The Morgan fingerprint density at radius 1 is 0.800 bits per heavy atom. The number of rotatable bonds is 1. The van der Waals surface area contributed by atoms with Crippen LogP contribution in [0.1, 0.15) is 27.8 Å². The highest BCUT2D eigenvalue weighted by atomic mass is 35.5. The molecule has 0 unspecified atom stereocenters. The lowest BCUT2D eigenvalue weighted by molar-refractivity contribution is 0.475. The summed E-state index contributed by atoms with van der Waals surface area (Å²) in [5.41, 5.74) is 6.85. The Kier molecular flexibility index (Phi) is 4.29. The van der Waals surface area contributed by atoms with Gasteiger partial charge in [0.1, 0.15) is 5.75 Å². The SMILES string of the molecule is Oc1cc(/C=C2\c3ccccc3CCc3c(Cl)cccc32)ccc1Cl. The number of benzene rings is 3. The van der Waals surface area contributed by atoms with E-state index in [2.05, 4.69) is 36.4 Å². The van der Waals surface area contributed by atoms with Crippen molar-refractivity contribution < 1.29 is 5.11 Å². The van der Waals surface area contributed by atoms with Crippen LogP contribution in [0, 0.1) is 0 Å². The fourth-order valence-corrected chi connectivity index (χ4v) is 3.80. The maximum atomic E-state index is 9.94. The molecule has 0 saturated heterocycles. The molecular weight excluding hydrogens is 351 g/mol. The van der Waals surface area contributed by atoms with Gasteiger partial charge in [0.15, 0.2) is 0 Å². The number of fused-ring (bicyclic) bond motifs is 2. The van der Waals surface area contributed by atoms with Crippen LogP contribution in [0.15, 0.2) is 60.7 Å². The highest BCUT2D eigenvalue weighted by molar-refractivity contribution is 6.32. The third-order valence-electron chi connectivity index (χ3n) is 4.64. The molecule has 3 heteroatoms. The fraction of sp³-hybridized carbons (Fsp3) is 0.0909. The van der Waals surface area contributed by atoms with Crippen LogP contribution in [0.4, 0.5) is 0 Å². The minimum absolute atomic E-state index is 0.0873. The Balaban J connectivity index is 1.98. The van der Waals surface area contributed by atoms with Gasteiger partial charge in [-0.15, -0.1) is 0 Å². The van der Waals surface area contributed by atoms with Crippen molar-refractivity contribution in [2.45, 2.75) is 12.8 Å². The van der Waals surface area contributed by atoms with Gasteiger partial charge in [0.25, 0.3) is 0 Å². The van der Waals surface area contributed by atoms with E-state index in [-0.39, 0.29) is 5.75 Å². The monoisotopic (exact) mass is 366 g/mol.